The number of hydrogen-bond acceptors (Lipinski definition) is 3. The number of carbonyl (C=O) groups excluding carboxylic acids is 1. The van der Waals surface area contributed by atoms with E-state index in [4.69, 9.17) is 0 Å². The highest BCUT2D eigenvalue weighted by Crippen LogP contribution is 2.18. The summed E-state index contributed by atoms with van der Waals surface area (Å²) >= 11 is 0. The van der Waals surface area contributed by atoms with Gasteiger partial charge in [-0.2, -0.15) is 0 Å². The number of nitrogens with one attached hydrogen (secondary N) is 1. The Morgan fingerprint density at radius 3 is 2.56 bits per heavy atom. The lowest BCUT2D eigenvalue weighted by Gasteiger charge is -2.24. The molecule has 0 saturated heterocycles. The number of hydrogen-bond donors (Lipinski definition) is 2. The largest absolute Gasteiger partial charge is 0.387 e. The Kier molecular flexibility index (Phi) is 7.10. The van der Waals surface area contributed by atoms with Gasteiger partial charge in [0.05, 0.1) is 12.6 Å². The number of aliphatic hydroxyl groups is 1. The van der Waals surface area contributed by atoms with Crippen LogP contribution < -0.4 is 5.32 Å². The summed E-state index contributed by atoms with van der Waals surface area (Å²) in [6, 6.07) is 13.7. The molecule has 0 saturated carbocycles. The maximum absolute atomic E-state index is 13.8. The molecule has 2 aromatic carbocycles. The minimum Gasteiger partial charge on any atom is -0.387 e. The van der Waals surface area contributed by atoms with E-state index in [1.165, 1.54) is 6.07 Å². The van der Waals surface area contributed by atoms with Gasteiger partial charge in [0.15, 0.2) is 0 Å². The zero-order valence-electron chi connectivity index (χ0n) is 14.7. The summed E-state index contributed by atoms with van der Waals surface area (Å²) in [5.41, 5.74) is 2.02. The molecule has 0 aliphatic carbocycles. The van der Waals surface area contributed by atoms with Gasteiger partial charge in [0.1, 0.15) is 5.82 Å². The van der Waals surface area contributed by atoms with Gasteiger partial charge in [-0.05, 0) is 37.6 Å². The van der Waals surface area contributed by atoms with Crippen molar-refractivity contribution in [2.75, 3.05) is 25.0 Å². The predicted molar refractivity (Wildman–Crippen MR) is 97.9 cm³/mol. The molecule has 0 bridgehead atoms. The van der Waals surface area contributed by atoms with E-state index < -0.39 is 11.9 Å². The predicted octanol–water partition coefficient (Wildman–Crippen LogP) is 3.52. The zero-order valence-corrected chi connectivity index (χ0v) is 14.7. The topological polar surface area (TPSA) is 52.6 Å². The molecule has 2 aromatic rings. The average Bonchev–Trinajstić information content (AvgIpc) is 2.57. The van der Waals surface area contributed by atoms with Crippen molar-refractivity contribution in [1.82, 2.24) is 4.90 Å². The van der Waals surface area contributed by atoms with Gasteiger partial charge in [0, 0.05) is 17.8 Å². The Hall–Kier alpha value is -2.24. The first-order chi connectivity index (χ1) is 12.0. The van der Waals surface area contributed by atoms with Gasteiger partial charge in [-0.1, -0.05) is 43.3 Å². The lowest BCUT2D eigenvalue weighted by molar-refractivity contribution is -0.117. The van der Waals surface area contributed by atoms with Crippen LogP contribution in [0.15, 0.2) is 48.5 Å². The van der Waals surface area contributed by atoms with Crippen molar-refractivity contribution in [2.45, 2.75) is 26.4 Å². The summed E-state index contributed by atoms with van der Waals surface area (Å²) in [5.74, 6) is -0.584. The third-order valence-electron chi connectivity index (χ3n) is 4.02. The first-order valence-corrected chi connectivity index (χ1v) is 8.51. The van der Waals surface area contributed by atoms with Crippen molar-refractivity contribution in [2.24, 2.45) is 0 Å². The number of anilines is 1. The van der Waals surface area contributed by atoms with Crippen LogP contribution in [-0.4, -0.2) is 35.5 Å². The van der Waals surface area contributed by atoms with Gasteiger partial charge in [0.25, 0.3) is 0 Å². The monoisotopic (exact) mass is 344 g/mol. The fraction of sp³-hybridized carbons (Fsp3) is 0.350. The van der Waals surface area contributed by atoms with Gasteiger partial charge in [-0.15, -0.1) is 0 Å². The second-order valence-corrected chi connectivity index (χ2v) is 6.14. The fourth-order valence-corrected chi connectivity index (χ4v) is 2.75. The number of rotatable bonds is 8. The van der Waals surface area contributed by atoms with Crippen LogP contribution in [0, 0.1) is 12.7 Å². The number of halogens is 1. The molecule has 1 unspecified atom stereocenters. The van der Waals surface area contributed by atoms with E-state index >= 15 is 0 Å². The minimum absolute atomic E-state index is 0.147. The van der Waals surface area contributed by atoms with Gasteiger partial charge in [-0.25, -0.2) is 4.39 Å². The van der Waals surface area contributed by atoms with E-state index in [-0.39, 0.29) is 24.6 Å². The number of nitrogens with zero attached hydrogens (tertiary/aromatic N) is 1. The van der Waals surface area contributed by atoms with Gasteiger partial charge in [0.2, 0.25) is 5.91 Å². The van der Waals surface area contributed by atoms with Crippen molar-refractivity contribution in [3.05, 3.63) is 65.5 Å². The molecule has 5 heteroatoms. The van der Waals surface area contributed by atoms with E-state index in [1.54, 1.807) is 18.2 Å². The summed E-state index contributed by atoms with van der Waals surface area (Å²) in [4.78, 5) is 14.2. The van der Waals surface area contributed by atoms with Crippen LogP contribution >= 0.6 is 0 Å². The molecule has 0 fully saturated rings. The molecule has 134 valence electrons. The number of carbonyl (C=O) groups is 1. The van der Waals surface area contributed by atoms with E-state index in [1.807, 2.05) is 43.0 Å². The number of amides is 1. The van der Waals surface area contributed by atoms with Crippen LogP contribution in [0.2, 0.25) is 0 Å². The zero-order chi connectivity index (χ0) is 18.2. The van der Waals surface area contributed by atoms with E-state index in [0.717, 1.165) is 17.7 Å². The number of para-hydroxylation sites is 1. The molecular weight excluding hydrogens is 319 g/mol. The number of aryl methyl sites for hydroxylation is 1. The van der Waals surface area contributed by atoms with Crippen molar-refractivity contribution in [3.63, 3.8) is 0 Å². The lowest BCUT2D eigenvalue weighted by Crippen LogP contribution is -2.37. The van der Waals surface area contributed by atoms with Crippen molar-refractivity contribution in [1.29, 1.82) is 0 Å². The number of aliphatic hydroxyl groups excluding tert-OH is 1. The van der Waals surface area contributed by atoms with Crippen LogP contribution in [0.25, 0.3) is 0 Å². The molecule has 0 aromatic heterocycles. The van der Waals surface area contributed by atoms with Crippen LogP contribution in [-0.2, 0) is 4.79 Å². The van der Waals surface area contributed by atoms with E-state index in [0.29, 0.717) is 6.54 Å². The molecule has 1 atom stereocenters. The highest BCUT2D eigenvalue weighted by Gasteiger charge is 2.18. The molecule has 0 radical (unpaired) electrons. The standard InChI is InChI=1S/C20H25FN2O2/c1-3-12-23(13-19(24)16-9-5-6-10-17(16)21)14-20(25)22-18-11-7-4-8-15(18)2/h4-11,19,24H,3,12-14H2,1-2H3,(H,22,25). The Balaban J connectivity index is 1.99. The molecule has 0 aliphatic heterocycles. The SMILES string of the molecule is CCCN(CC(=O)Nc1ccccc1C)CC(O)c1ccccc1F. The molecule has 0 aliphatic rings. The lowest BCUT2D eigenvalue weighted by atomic mass is 10.1. The second kappa shape index (κ2) is 9.30. The summed E-state index contributed by atoms with van der Waals surface area (Å²) < 4.78 is 13.8. The second-order valence-electron chi connectivity index (χ2n) is 6.14. The summed E-state index contributed by atoms with van der Waals surface area (Å²) in [6.45, 7) is 4.93. The maximum atomic E-state index is 13.8. The minimum atomic E-state index is -0.973. The van der Waals surface area contributed by atoms with Crippen molar-refractivity contribution >= 4 is 11.6 Å². The first-order valence-electron chi connectivity index (χ1n) is 8.51. The van der Waals surface area contributed by atoms with Crippen LogP contribution in [0.1, 0.15) is 30.6 Å². The highest BCUT2D eigenvalue weighted by atomic mass is 19.1. The molecule has 4 nitrogen and oxygen atoms in total. The summed E-state index contributed by atoms with van der Waals surface area (Å²) in [6.07, 6.45) is -0.138. The van der Waals surface area contributed by atoms with Crippen LogP contribution in [0.4, 0.5) is 10.1 Å². The first kappa shape index (κ1) is 19.1. The Labute approximate surface area is 148 Å². The summed E-state index contributed by atoms with van der Waals surface area (Å²) in [5, 5.41) is 13.2. The molecule has 0 spiro atoms. The highest BCUT2D eigenvalue weighted by molar-refractivity contribution is 5.92. The molecule has 25 heavy (non-hydrogen) atoms. The summed E-state index contributed by atoms with van der Waals surface area (Å²) in [7, 11) is 0. The molecule has 2 rings (SSSR count). The molecular formula is C20H25FN2O2. The van der Waals surface area contributed by atoms with Crippen LogP contribution in [0.5, 0.6) is 0 Å². The third-order valence-corrected chi connectivity index (χ3v) is 4.02. The number of benzene rings is 2. The smallest absolute Gasteiger partial charge is 0.238 e. The van der Waals surface area contributed by atoms with Gasteiger partial charge >= 0.3 is 0 Å². The maximum Gasteiger partial charge on any atom is 0.238 e. The average molecular weight is 344 g/mol. The Morgan fingerprint density at radius 1 is 1.20 bits per heavy atom. The van der Waals surface area contributed by atoms with Crippen molar-refractivity contribution < 1.29 is 14.3 Å². The quantitative estimate of drug-likeness (QED) is 0.770. The Morgan fingerprint density at radius 2 is 1.88 bits per heavy atom. The molecule has 0 heterocycles. The van der Waals surface area contributed by atoms with E-state index in [9.17, 15) is 14.3 Å². The third kappa shape index (κ3) is 5.66. The molecule has 1 amide bonds. The van der Waals surface area contributed by atoms with Gasteiger partial charge in [-0.3, -0.25) is 9.69 Å². The van der Waals surface area contributed by atoms with Crippen LogP contribution in [0.3, 0.4) is 0 Å². The van der Waals surface area contributed by atoms with Gasteiger partial charge < -0.3 is 10.4 Å². The normalized spacial score (nSPS) is 12.2. The van der Waals surface area contributed by atoms with Crippen molar-refractivity contribution in [3.8, 4) is 0 Å². The fourth-order valence-electron chi connectivity index (χ4n) is 2.75. The van der Waals surface area contributed by atoms with E-state index in [2.05, 4.69) is 5.32 Å². The Bertz CT molecular complexity index is 706. The molecule has 2 N–H and O–H groups in total.